The molecule has 0 bridgehead atoms. The fraction of sp³-hybridized carbons (Fsp3) is 0.292. The highest BCUT2D eigenvalue weighted by Crippen LogP contribution is 2.21. The van der Waals surface area contributed by atoms with Crippen LogP contribution in [0, 0.1) is 20.8 Å². The number of urea groups is 1. The van der Waals surface area contributed by atoms with Crippen LogP contribution in [0.25, 0.3) is 0 Å². The molecular formula is C24H28N6O. The van der Waals surface area contributed by atoms with Gasteiger partial charge in [-0.3, -0.25) is 0 Å². The Morgan fingerprint density at radius 2 is 1.58 bits per heavy atom. The molecule has 4 rings (SSSR count). The number of aryl methyl sites for hydroxylation is 3. The summed E-state index contributed by atoms with van der Waals surface area (Å²) in [7, 11) is 0. The largest absolute Gasteiger partial charge is 0.353 e. The molecule has 1 saturated heterocycles. The number of benzene rings is 2. The van der Waals surface area contributed by atoms with Gasteiger partial charge in [0, 0.05) is 43.6 Å². The van der Waals surface area contributed by atoms with Gasteiger partial charge in [-0.05, 0) is 50.6 Å². The van der Waals surface area contributed by atoms with E-state index in [1.807, 2.05) is 61.2 Å². The smallest absolute Gasteiger partial charge is 0.321 e. The minimum Gasteiger partial charge on any atom is -0.353 e. The Bertz CT molecular complexity index is 1060. The molecular weight excluding hydrogens is 388 g/mol. The SMILES string of the molecule is Cc1ccc(Nc2cc(N3CCN(C(=O)Nc4cccc(C)c4)CC3)nc(C)n2)cc1. The van der Waals surface area contributed by atoms with Gasteiger partial charge < -0.3 is 20.4 Å². The quantitative estimate of drug-likeness (QED) is 0.655. The molecule has 1 aliphatic rings. The normalized spacial score (nSPS) is 13.8. The number of hydrogen-bond donors (Lipinski definition) is 2. The molecule has 2 aromatic carbocycles. The highest BCUT2D eigenvalue weighted by Gasteiger charge is 2.22. The van der Waals surface area contributed by atoms with E-state index in [1.165, 1.54) is 5.56 Å². The standard InChI is InChI=1S/C24H28N6O/c1-17-7-9-20(10-8-17)27-22-16-23(26-19(3)25-22)29-11-13-30(14-12-29)24(31)28-21-6-4-5-18(2)15-21/h4-10,15-16H,11-14H2,1-3H3,(H,28,31)(H,25,26,27). The zero-order valence-corrected chi connectivity index (χ0v) is 18.2. The van der Waals surface area contributed by atoms with Crippen molar-refractivity contribution in [2.45, 2.75) is 20.8 Å². The molecule has 0 saturated carbocycles. The zero-order valence-electron chi connectivity index (χ0n) is 18.2. The molecule has 1 aromatic heterocycles. The van der Waals surface area contributed by atoms with Gasteiger partial charge in [0.1, 0.15) is 17.5 Å². The second kappa shape index (κ2) is 9.04. The van der Waals surface area contributed by atoms with Crippen LogP contribution in [0.3, 0.4) is 0 Å². The van der Waals surface area contributed by atoms with E-state index in [2.05, 4.69) is 44.6 Å². The summed E-state index contributed by atoms with van der Waals surface area (Å²) in [5.41, 5.74) is 4.16. The van der Waals surface area contributed by atoms with Crippen LogP contribution in [0.4, 0.5) is 27.8 Å². The van der Waals surface area contributed by atoms with Crippen LogP contribution in [0.1, 0.15) is 17.0 Å². The Morgan fingerprint density at radius 3 is 2.29 bits per heavy atom. The van der Waals surface area contributed by atoms with E-state index in [-0.39, 0.29) is 6.03 Å². The van der Waals surface area contributed by atoms with Crippen LogP contribution in [0.2, 0.25) is 0 Å². The first-order valence-electron chi connectivity index (χ1n) is 10.5. The van der Waals surface area contributed by atoms with E-state index in [0.29, 0.717) is 18.9 Å². The van der Waals surface area contributed by atoms with E-state index in [4.69, 9.17) is 0 Å². The number of rotatable bonds is 4. The van der Waals surface area contributed by atoms with Gasteiger partial charge in [-0.25, -0.2) is 14.8 Å². The fourth-order valence-electron chi connectivity index (χ4n) is 3.63. The Balaban J connectivity index is 1.38. The lowest BCUT2D eigenvalue weighted by molar-refractivity contribution is 0.208. The fourth-order valence-corrected chi connectivity index (χ4v) is 3.63. The summed E-state index contributed by atoms with van der Waals surface area (Å²) in [5.74, 6) is 2.36. The summed E-state index contributed by atoms with van der Waals surface area (Å²) < 4.78 is 0. The molecule has 2 heterocycles. The van der Waals surface area contributed by atoms with E-state index >= 15 is 0 Å². The zero-order chi connectivity index (χ0) is 21.8. The van der Waals surface area contributed by atoms with Crippen LogP contribution in [0.15, 0.2) is 54.6 Å². The van der Waals surface area contributed by atoms with Crippen molar-refractivity contribution in [3.05, 3.63) is 71.5 Å². The summed E-state index contributed by atoms with van der Waals surface area (Å²) >= 11 is 0. The number of nitrogens with zero attached hydrogens (tertiary/aromatic N) is 4. The number of piperazine rings is 1. The average Bonchev–Trinajstić information content (AvgIpc) is 2.75. The van der Waals surface area contributed by atoms with Crippen molar-refractivity contribution in [1.82, 2.24) is 14.9 Å². The number of hydrogen-bond acceptors (Lipinski definition) is 5. The predicted molar refractivity (Wildman–Crippen MR) is 125 cm³/mol. The van der Waals surface area contributed by atoms with Crippen molar-refractivity contribution in [3.63, 3.8) is 0 Å². The van der Waals surface area contributed by atoms with Crippen LogP contribution in [-0.2, 0) is 0 Å². The molecule has 3 aromatic rings. The maximum Gasteiger partial charge on any atom is 0.321 e. The molecule has 2 N–H and O–H groups in total. The van der Waals surface area contributed by atoms with Gasteiger partial charge in [0.05, 0.1) is 0 Å². The highest BCUT2D eigenvalue weighted by molar-refractivity contribution is 5.89. The Morgan fingerprint density at radius 1 is 0.839 bits per heavy atom. The lowest BCUT2D eigenvalue weighted by Crippen LogP contribution is -2.50. The monoisotopic (exact) mass is 416 g/mol. The average molecular weight is 417 g/mol. The van der Waals surface area contributed by atoms with Crippen LogP contribution in [0.5, 0.6) is 0 Å². The third kappa shape index (κ3) is 5.31. The summed E-state index contributed by atoms with van der Waals surface area (Å²) in [6.07, 6.45) is 0. The molecule has 160 valence electrons. The molecule has 31 heavy (non-hydrogen) atoms. The Kier molecular flexibility index (Phi) is 6.02. The molecule has 0 spiro atoms. The summed E-state index contributed by atoms with van der Waals surface area (Å²) in [5, 5.41) is 6.35. The third-order valence-corrected chi connectivity index (χ3v) is 5.31. The number of carbonyl (C=O) groups is 1. The van der Waals surface area contributed by atoms with Gasteiger partial charge in [0.15, 0.2) is 0 Å². The van der Waals surface area contributed by atoms with E-state index < -0.39 is 0 Å². The number of carbonyl (C=O) groups excluding carboxylic acids is 1. The number of amides is 2. The first-order chi connectivity index (χ1) is 15.0. The number of nitrogens with one attached hydrogen (secondary N) is 2. The van der Waals surface area contributed by atoms with Crippen molar-refractivity contribution in [1.29, 1.82) is 0 Å². The molecule has 2 amide bonds. The predicted octanol–water partition coefficient (Wildman–Crippen LogP) is 4.50. The first kappa shape index (κ1) is 20.7. The minimum absolute atomic E-state index is 0.0640. The number of aromatic nitrogens is 2. The summed E-state index contributed by atoms with van der Waals surface area (Å²) in [6.45, 7) is 8.71. The van der Waals surface area contributed by atoms with E-state index in [9.17, 15) is 4.79 Å². The number of anilines is 4. The van der Waals surface area contributed by atoms with Gasteiger partial charge in [-0.15, -0.1) is 0 Å². The summed E-state index contributed by atoms with van der Waals surface area (Å²) in [4.78, 5) is 25.8. The third-order valence-electron chi connectivity index (χ3n) is 5.31. The van der Waals surface area contributed by atoms with Crippen molar-refractivity contribution >= 4 is 29.0 Å². The maximum absolute atomic E-state index is 12.6. The van der Waals surface area contributed by atoms with Crippen molar-refractivity contribution in [3.8, 4) is 0 Å². The van der Waals surface area contributed by atoms with Crippen molar-refractivity contribution in [2.24, 2.45) is 0 Å². The van der Waals surface area contributed by atoms with Gasteiger partial charge in [0.2, 0.25) is 0 Å². The minimum atomic E-state index is -0.0640. The maximum atomic E-state index is 12.6. The van der Waals surface area contributed by atoms with Crippen molar-refractivity contribution < 1.29 is 4.79 Å². The molecule has 1 fully saturated rings. The first-order valence-corrected chi connectivity index (χ1v) is 10.5. The van der Waals surface area contributed by atoms with E-state index in [0.717, 1.165) is 41.7 Å². The molecule has 7 nitrogen and oxygen atoms in total. The lowest BCUT2D eigenvalue weighted by atomic mass is 10.2. The second-order valence-corrected chi connectivity index (χ2v) is 7.92. The topological polar surface area (TPSA) is 73.4 Å². The van der Waals surface area contributed by atoms with Crippen LogP contribution in [-0.4, -0.2) is 47.1 Å². The van der Waals surface area contributed by atoms with Gasteiger partial charge in [-0.2, -0.15) is 0 Å². The van der Waals surface area contributed by atoms with Gasteiger partial charge in [0.25, 0.3) is 0 Å². The van der Waals surface area contributed by atoms with E-state index in [1.54, 1.807) is 0 Å². The summed E-state index contributed by atoms with van der Waals surface area (Å²) in [6, 6.07) is 18.0. The Labute approximate surface area is 183 Å². The van der Waals surface area contributed by atoms with Crippen LogP contribution >= 0.6 is 0 Å². The molecule has 1 aliphatic heterocycles. The molecule has 7 heteroatoms. The molecule has 0 radical (unpaired) electrons. The molecule has 0 atom stereocenters. The molecule has 0 aliphatic carbocycles. The highest BCUT2D eigenvalue weighted by atomic mass is 16.2. The second-order valence-electron chi connectivity index (χ2n) is 7.92. The van der Waals surface area contributed by atoms with Crippen molar-refractivity contribution in [2.75, 3.05) is 41.7 Å². The lowest BCUT2D eigenvalue weighted by Gasteiger charge is -2.35. The van der Waals surface area contributed by atoms with Gasteiger partial charge in [-0.1, -0.05) is 29.8 Å². The Hall–Kier alpha value is -3.61. The van der Waals surface area contributed by atoms with Gasteiger partial charge >= 0.3 is 6.03 Å². The molecule has 0 unspecified atom stereocenters. The van der Waals surface area contributed by atoms with Crippen LogP contribution < -0.4 is 15.5 Å².